The van der Waals surface area contributed by atoms with Crippen LogP contribution in [-0.2, 0) is 19.6 Å². The molecule has 0 spiro atoms. The van der Waals surface area contributed by atoms with E-state index in [4.69, 9.17) is 4.74 Å². The summed E-state index contributed by atoms with van der Waals surface area (Å²) >= 11 is 0. The van der Waals surface area contributed by atoms with Crippen LogP contribution in [0.4, 0.5) is 17.6 Å². The number of alkyl halides is 4. The van der Waals surface area contributed by atoms with E-state index < -0.39 is 51.8 Å². The van der Waals surface area contributed by atoms with Crippen molar-refractivity contribution in [2.45, 2.75) is 95.0 Å². The summed E-state index contributed by atoms with van der Waals surface area (Å²) in [5, 5.41) is -4.19. The summed E-state index contributed by atoms with van der Waals surface area (Å²) in [6.45, 7) is 8.53. The van der Waals surface area contributed by atoms with Crippen molar-refractivity contribution in [1.82, 2.24) is 0 Å². The van der Waals surface area contributed by atoms with Gasteiger partial charge in [0.15, 0.2) is 5.67 Å². The molecule has 3 aliphatic rings. The van der Waals surface area contributed by atoms with Gasteiger partial charge < -0.3 is 9.47 Å². The van der Waals surface area contributed by atoms with Gasteiger partial charge in [-0.25, -0.2) is 17.6 Å². The van der Waals surface area contributed by atoms with Gasteiger partial charge in [0.05, 0.1) is 6.61 Å². The smallest absolute Gasteiger partial charge is 0.310 e. The molecule has 10 heteroatoms. The summed E-state index contributed by atoms with van der Waals surface area (Å²) in [4.78, 5) is 0. The molecule has 3 rings (SSSR count). The first-order valence-corrected chi connectivity index (χ1v) is 12.8. The van der Waals surface area contributed by atoms with Crippen LogP contribution in [0.2, 0.25) is 0 Å². The van der Waals surface area contributed by atoms with Gasteiger partial charge in [0.1, 0.15) is 0 Å². The van der Waals surface area contributed by atoms with Gasteiger partial charge >= 0.3 is 15.1 Å². The first-order chi connectivity index (χ1) is 15.0. The maximum atomic E-state index is 15.6. The van der Waals surface area contributed by atoms with Crippen molar-refractivity contribution in [1.29, 1.82) is 0 Å². The fourth-order valence-corrected chi connectivity index (χ4v) is 5.67. The second kappa shape index (κ2) is 9.59. The van der Waals surface area contributed by atoms with Crippen LogP contribution in [0.1, 0.15) is 72.6 Å². The van der Waals surface area contributed by atoms with Crippen LogP contribution in [0, 0.1) is 11.3 Å². The Morgan fingerprint density at radius 3 is 2.21 bits per heavy atom. The third-order valence-corrected chi connectivity index (χ3v) is 8.16. The number of rotatable bonds is 14. The average molecular weight is 501 g/mol. The molecule has 0 amide bonds. The molecule has 3 aliphatic carbocycles. The zero-order valence-corrected chi connectivity index (χ0v) is 20.6. The molecule has 1 N–H and O–H groups in total. The molecule has 2 bridgehead atoms. The number of hydrogen-bond donors (Lipinski definition) is 1. The molecule has 192 valence electrons. The van der Waals surface area contributed by atoms with Crippen LogP contribution in [0.15, 0.2) is 24.3 Å². The number of ether oxygens (including phenoxy) is 2. The van der Waals surface area contributed by atoms with Crippen molar-refractivity contribution in [3.63, 3.8) is 0 Å². The van der Waals surface area contributed by atoms with Gasteiger partial charge in [-0.05, 0) is 51.0 Å². The topological polar surface area (TPSA) is 72.8 Å². The first-order valence-electron chi connectivity index (χ1n) is 11.3. The van der Waals surface area contributed by atoms with E-state index in [0.717, 1.165) is 40.0 Å². The Morgan fingerprint density at radius 1 is 1.21 bits per heavy atom. The molecule has 1 fully saturated rings. The van der Waals surface area contributed by atoms with E-state index in [1.54, 1.807) is 0 Å². The van der Waals surface area contributed by atoms with Crippen molar-refractivity contribution in [2.24, 2.45) is 11.3 Å². The summed E-state index contributed by atoms with van der Waals surface area (Å²) in [6.07, 6.45) is 3.36. The van der Waals surface area contributed by atoms with Crippen LogP contribution in [-0.4, -0.2) is 48.6 Å². The fourth-order valence-electron chi connectivity index (χ4n) is 4.89. The molecule has 33 heavy (non-hydrogen) atoms. The van der Waals surface area contributed by atoms with Crippen molar-refractivity contribution < 1.29 is 40.0 Å². The summed E-state index contributed by atoms with van der Waals surface area (Å²) < 4.78 is 104. The molecule has 5 unspecified atom stereocenters. The second-order valence-corrected chi connectivity index (χ2v) is 11.4. The summed E-state index contributed by atoms with van der Waals surface area (Å²) in [5.41, 5.74) is -1.46. The van der Waals surface area contributed by atoms with Gasteiger partial charge in [0, 0.05) is 24.9 Å². The van der Waals surface area contributed by atoms with Crippen molar-refractivity contribution in [2.75, 3.05) is 13.2 Å². The number of hydrogen-bond acceptors (Lipinski definition) is 4. The van der Waals surface area contributed by atoms with E-state index in [9.17, 15) is 17.4 Å². The predicted molar refractivity (Wildman–Crippen MR) is 118 cm³/mol. The molecule has 0 aliphatic heterocycles. The van der Waals surface area contributed by atoms with Crippen LogP contribution >= 0.6 is 0 Å². The van der Waals surface area contributed by atoms with Gasteiger partial charge in [0.2, 0.25) is 5.85 Å². The van der Waals surface area contributed by atoms with Crippen LogP contribution in [0.3, 0.4) is 0 Å². The SMILES string of the molecule is C=CC(F)(C(F)(CC)OC(F)(CC)C(C)(F)CCCOCC1(C)C=C2CC(C2)C1)S(=O)(=O)O. The molecular weight excluding hydrogens is 464 g/mol. The van der Waals surface area contributed by atoms with Gasteiger partial charge in [-0.15, -0.1) is 0 Å². The van der Waals surface area contributed by atoms with E-state index >= 15 is 13.2 Å². The van der Waals surface area contributed by atoms with Gasteiger partial charge in [-0.1, -0.05) is 39.0 Å². The maximum Gasteiger partial charge on any atom is 0.310 e. The lowest BCUT2D eigenvalue weighted by molar-refractivity contribution is -0.336. The van der Waals surface area contributed by atoms with Crippen molar-refractivity contribution in [3.8, 4) is 0 Å². The van der Waals surface area contributed by atoms with Gasteiger partial charge in [-0.2, -0.15) is 8.42 Å². The van der Waals surface area contributed by atoms with Crippen LogP contribution in [0.5, 0.6) is 0 Å². The third-order valence-electron chi connectivity index (χ3n) is 6.93. The van der Waals surface area contributed by atoms with E-state index in [1.807, 2.05) is 0 Å². The zero-order chi connectivity index (χ0) is 25.3. The number of fused-ring (bicyclic) bond motifs is 2. The lowest BCUT2D eigenvalue weighted by Gasteiger charge is -2.44. The molecule has 5 nitrogen and oxygen atoms in total. The highest BCUT2D eigenvalue weighted by molar-refractivity contribution is 7.87. The third kappa shape index (κ3) is 5.49. The molecule has 0 saturated heterocycles. The summed E-state index contributed by atoms with van der Waals surface area (Å²) in [5.74, 6) is -6.62. The molecule has 0 radical (unpaired) electrons. The minimum Gasteiger partial charge on any atom is -0.381 e. The minimum atomic E-state index is -5.75. The molecule has 0 aromatic rings. The Kier molecular flexibility index (Phi) is 8.21. The molecule has 0 aromatic carbocycles. The Morgan fingerprint density at radius 2 is 1.79 bits per heavy atom. The highest BCUT2D eigenvalue weighted by Crippen LogP contribution is 2.50. The highest BCUT2D eigenvalue weighted by atomic mass is 32.2. The Labute approximate surface area is 194 Å². The molecular formula is C23H36F4O5S. The Bertz CT molecular complexity index is 855. The molecule has 1 saturated carbocycles. The molecule has 0 heterocycles. The van der Waals surface area contributed by atoms with Crippen LogP contribution < -0.4 is 0 Å². The van der Waals surface area contributed by atoms with Crippen molar-refractivity contribution >= 4 is 10.1 Å². The maximum absolute atomic E-state index is 15.6. The van der Waals surface area contributed by atoms with Crippen molar-refractivity contribution in [3.05, 3.63) is 24.3 Å². The molecule has 0 aromatic heterocycles. The Balaban J connectivity index is 2.03. The minimum absolute atomic E-state index is 0.0313. The van der Waals surface area contributed by atoms with E-state index in [2.05, 4.69) is 24.3 Å². The number of halogens is 4. The standard InChI is InChI=1S/C23H36F4O5S/c1-6-21(25,32-22(26,7-2)23(27,8-3)33(28,29)30)20(5,24)10-9-11-31-16-19(4)14-17-12-18(13-17)15-19/h8,14,18H,3,6-7,9-13,15-16H2,1-2,4-5H3,(H,28,29,30). The first kappa shape index (κ1) is 28.3. The highest BCUT2D eigenvalue weighted by Gasteiger charge is 2.66. The quantitative estimate of drug-likeness (QED) is 0.134. The largest absolute Gasteiger partial charge is 0.381 e. The van der Waals surface area contributed by atoms with Crippen LogP contribution in [0.25, 0.3) is 0 Å². The fraction of sp³-hybridized carbons (Fsp3) is 0.826. The average Bonchev–Trinajstić information content (AvgIpc) is 2.70. The normalized spacial score (nSPS) is 30.1. The summed E-state index contributed by atoms with van der Waals surface area (Å²) in [7, 11) is -5.75. The zero-order valence-electron chi connectivity index (χ0n) is 19.8. The van der Waals surface area contributed by atoms with E-state index in [0.29, 0.717) is 12.5 Å². The Hall–Kier alpha value is -0.970. The monoisotopic (exact) mass is 500 g/mol. The second-order valence-electron chi connectivity index (χ2n) is 9.88. The van der Waals surface area contributed by atoms with Gasteiger partial charge in [0.25, 0.3) is 5.85 Å². The van der Waals surface area contributed by atoms with E-state index in [1.165, 1.54) is 5.57 Å². The molecule has 5 atom stereocenters. The number of allylic oxidation sites excluding steroid dienone is 1. The lowest BCUT2D eigenvalue weighted by atomic mass is 9.63. The predicted octanol–water partition coefficient (Wildman–Crippen LogP) is 6.17. The lowest BCUT2D eigenvalue weighted by Crippen LogP contribution is -2.60. The van der Waals surface area contributed by atoms with E-state index in [-0.39, 0.29) is 24.5 Å². The van der Waals surface area contributed by atoms with Gasteiger partial charge in [-0.3, -0.25) is 4.55 Å². The summed E-state index contributed by atoms with van der Waals surface area (Å²) in [6, 6.07) is 0.